The average molecular weight is 419 g/mol. The molecule has 0 saturated heterocycles. The fraction of sp³-hybridized carbons (Fsp3) is 0.400. The molecule has 9 heteroatoms. The third-order valence-corrected chi connectivity index (χ3v) is 6.01. The van der Waals surface area contributed by atoms with Gasteiger partial charge in [0.2, 0.25) is 10.0 Å². The second-order valence-electron chi connectivity index (χ2n) is 6.29. The van der Waals surface area contributed by atoms with E-state index < -0.39 is 10.0 Å². The molecular weight excluding hydrogens is 392 g/mol. The first-order valence-corrected chi connectivity index (χ1v) is 10.9. The Morgan fingerprint density at radius 2 is 1.90 bits per heavy atom. The molecule has 1 amide bonds. The van der Waals surface area contributed by atoms with Gasteiger partial charge in [0, 0.05) is 25.1 Å². The fourth-order valence-corrected chi connectivity index (χ4v) is 3.99. The smallest absolute Gasteiger partial charge is 0.251 e. The van der Waals surface area contributed by atoms with Crippen molar-refractivity contribution >= 4 is 15.9 Å². The molecule has 0 bridgehead atoms. The zero-order valence-corrected chi connectivity index (χ0v) is 17.4. The summed E-state index contributed by atoms with van der Waals surface area (Å²) in [4.78, 5) is 14.8. The van der Waals surface area contributed by atoms with E-state index in [1.54, 1.807) is 6.26 Å². The second kappa shape index (κ2) is 10.8. The summed E-state index contributed by atoms with van der Waals surface area (Å²) in [6, 6.07) is 11.2. The molecule has 1 heterocycles. The van der Waals surface area contributed by atoms with Crippen molar-refractivity contribution in [3.05, 3.63) is 54.0 Å². The lowest BCUT2D eigenvalue weighted by atomic mass is 10.1. The van der Waals surface area contributed by atoms with Gasteiger partial charge in [-0.15, -0.1) is 0 Å². The van der Waals surface area contributed by atoms with Gasteiger partial charge in [-0.25, -0.2) is 13.1 Å². The van der Waals surface area contributed by atoms with Crippen LogP contribution in [0.3, 0.4) is 0 Å². The van der Waals surface area contributed by atoms with E-state index in [9.17, 15) is 13.2 Å². The Hall–Kier alpha value is -2.67. The molecule has 2 aromatic rings. The predicted molar refractivity (Wildman–Crippen MR) is 109 cm³/mol. The quantitative estimate of drug-likeness (QED) is 0.541. The van der Waals surface area contributed by atoms with Crippen LogP contribution in [0.4, 0.5) is 0 Å². The number of carbonyl (C=O) groups excluding carboxylic acids is 1. The fourth-order valence-electron chi connectivity index (χ4n) is 2.96. The molecule has 0 aliphatic heterocycles. The number of hydrogen-bond acceptors (Lipinski definition) is 6. The number of rotatable bonds is 11. The highest BCUT2D eigenvalue weighted by molar-refractivity contribution is 7.89. The van der Waals surface area contributed by atoms with Gasteiger partial charge in [0.25, 0.3) is 5.91 Å². The van der Waals surface area contributed by atoms with E-state index >= 15 is 0 Å². The van der Waals surface area contributed by atoms with Crippen LogP contribution < -0.4 is 10.0 Å². The molecule has 0 aliphatic carbocycles. The van der Waals surface area contributed by atoms with Crippen LogP contribution in [-0.2, 0) is 10.0 Å². The van der Waals surface area contributed by atoms with Crippen LogP contribution in [0, 0.1) is 11.3 Å². The maximum atomic E-state index is 12.5. The molecule has 0 fully saturated rings. The van der Waals surface area contributed by atoms with Gasteiger partial charge >= 0.3 is 0 Å². The average Bonchev–Trinajstić information content (AvgIpc) is 3.25. The SMILES string of the molecule is CCN(CC)C(CNC(=O)c1ccc(S(=O)(=O)NCCC#N)cc1)c1ccco1. The number of furan rings is 1. The molecule has 1 atom stereocenters. The summed E-state index contributed by atoms with van der Waals surface area (Å²) in [5, 5.41) is 11.4. The zero-order valence-electron chi connectivity index (χ0n) is 16.6. The maximum absolute atomic E-state index is 12.5. The first-order valence-electron chi connectivity index (χ1n) is 9.45. The largest absolute Gasteiger partial charge is 0.468 e. The van der Waals surface area contributed by atoms with Gasteiger partial charge in [-0.2, -0.15) is 5.26 Å². The Morgan fingerprint density at radius 3 is 2.45 bits per heavy atom. The Labute approximate surface area is 171 Å². The molecule has 0 aliphatic rings. The number of hydrogen-bond donors (Lipinski definition) is 2. The monoisotopic (exact) mass is 418 g/mol. The van der Waals surface area contributed by atoms with Gasteiger partial charge in [0.15, 0.2) is 0 Å². The van der Waals surface area contributed by atoms with Gasteiger partial charge in [-0.1, -0.05) is 13.8 Å². The van der Waals surface area contributed by atoms with Crippen molar-refractivity contribution in [3.8, 4) is 6.07 Å². The van der Waals surface area contributed by atoms with E-state index in [1.165, 1.54) is 24.3 Å². The number of nitrogens with one attached hydrogen (secondary N) is 2. The normalized spacial score (nSPS) is 12.5. The van der Waals surface area contributed by atoms with Crippen LogP contribution in [0.15, 0.2) is 52.0 Å². The molecule has 1 unspecified atom stereocenters. The number of sulfonamides is 1. The number of likely N-dealkylation sites (N-methyl/N-ethyl adjacent to an activating group) is 1. The molecular formula is C20H26N4O4S. The van der Waals surface area contributed by atoms with Crippen molar-refractivity contribution in [1.29, 1.82) is 5.26 Å². The molecule has 29 heavy (non-hydrogen) atoms. The molecule has 156 valence electrons. The van der Waals surface area contributed by atoms with Crippen molar-refractivity contribution in [1.82, 2.24) is 14.9 Å². The number of nitriles is 1. The molecule has 0 saturated carbocycles. The Morgan fingerprint density at radius 1 is 1.21 bits per heavy atom. The lowest BCUT2D eigenvalue weighted by Gasteiger charge is -2.28. The van der Waals surface area contributed by atoms with Crippen molar-refractivity contribution in [2.24, 2.45) is 0 Å². The molecule has 2 N–H and O–H groups in total. The van der Waals surface area contributed by atoms with E-state index in [-0.39, 0.29) is 29.8 Å². The van der Waals surface area contributed by atoms with E-state index in [2.05, 4.69) is 14.9 Å². The van der Waals surface area contributed by atoms with Crippen LogP contribution in [0.5, 0.6) is 0 Å². The topological polar surface area (TPSA) is 115 Å². The zero-order chi connectivity index (χ0) is 21.3. The van der Waals surface area contributed by atoms with Crippen LogP contribution in [0.2, 0.25) is 0 Å². The summed E-state index contributed by atoms with van der Waals surface area (Å²) in [5.74, 6) is 0.481. The first-order chi connectivity index (χ1) is 13.9. The van der Waals surface area contributed by atoms with Crippen LogP contribution in [0.1, 0.15) is 42.4 Å². The van der Waals surface area contributed by atoms with E-state index in [1.807, 2.05) is 32.0 Å². The predicted octanol–water partition coefficient (Wildman–Crippen LogP) is 2.28. The van der Waals surface area contributed by atoms with Crippen LogP contribution in [0.25, 0.3) is 0 Å². The molecule has 0 spiro atoms. The highest BCUT2D eigenvalue weighted by Crippen LogP contribution is 2.20. The summed E-state index contributed by atoms with van der Waals surface area (Å²) in [6.45, 7) is 6.12. The van der Waals surface area contributed by atoms with Gasteiger partial charge < -0.3 is 9.73 Å². The van der Waals surface area contributed by atoms with Crippen LogP contribution >= 0.6 is 0 Å². The van der Waals surface area contributed by atoms with E-state index in [0.29, 0.717) is 12.1 Å². The van der Waals surface area contributed by atoms with Gasteiger partial charge in [-0.05, 0) is 49.5 Å². The molecule has 1 aromatic heterocycles. The Kier molecular flexibility index (Phi) is 8.39. The minimum Gasteiger partial charge on any atom is -0.468 e. The minimum absolute atomic E-state index is 0.0423. The van der Waals surface area contributed by atoms with Crippen LogP contribution in [-0.4, -0.2) is 45.4 Å². The lowest BCUT2D eigenvalue weighted by Crippen LogP contribution is -2.37. The highest BCUT2D eigenvalue weighted by Gasteiger charge is 2.22. The summed E-state index contributed by atoms with van der Waals surface area (Å²) in [6.07, 6.45) is 1.70. The molecule has 1 aromatic carbocycles. The Bertz CT molecular complexity index is 914. The molecule has 2 rings (SSSR count). The number of amides is 1. The number of benzene rings is 1. The summed E-state index contributed by atoms with van der Waals surface area (Å²) < 4.78 is 32.1. The maximum Gasteiger partial charge on any atom is 0.251 e. The first kappa shape index (κ1) is 22.6. The summed E-state index contributed by atoms with van der Waals surface area (Å²) in [7, 11) is -3.70. The Balaban J connectivity index is 2.04. The van der Waals surface area contributed by atoms with Crippen molar-refractivity contribution in [2.75, 3.05) is 26.2 Å². The van der Waals surface area contributed by atoms with Crippen molar-refractivity contribution in [3.63, 3.8) is 0 Å². The number of carbonyl (C=O) groups is 1. The third kappa shape index (κ3) is 6.15. The highest BCUT2D eigenvalue weighted by atomic mass is 32.2. The summed E-state index contributed by atoms with van der Waals surface area (Å²) >= 11 is 0. The standard InChI is InChI=1S/C20H26N4O4S/c1-3-24(4-2)18(19-7-5-14-28-19)15-22-20(25)16-8-10-17(11-9-16)29(26,27)23-13-6-12-21/h5,7-11,14,18,23H,3-4,6,13,15H2,1-2H3,(H,22,25). The number of nitrogens with zero attached hydrogens (tertiary/aromatic N) is 2. The van der Waals surface area contributed by atoms with Crippen molar-refractivity contribution in [2.45, 2.75) is 31.2 Å². The molecule has 8 nitrogen and oxygen atoms in total. The summed E-state index contributed by atoms with van der Waals surface area (Å²) in [5.41, 5.74) is 0.360. The van der Waals surface area contributed by atoms with E-state index in [0.717, 1.165) is 18.8 Å². The van der Waals surface area contributed by atoms with E-state index in [4.69, 9.17) is 9.68 Å². The van der Waals surface area contributed by atoms with Crippen molar-refractivity contribution < 1.29 is 17.6 Å². The van der Waals surface area contributed by atoms with Gasteiger partial charge in [-0.3, -0.25) is 9.69 Å². The minimum atomic E-state index is -3.70. The van der Waals surface area contributed by atoms with Gasteiger partial charge in [0.1, 0.15) is 5.76 Å². The third-order valence-electron chi connectivity index (χ3n) is 4.54. The second-order valence-corrected chi connectivity index (χ2v) is 8.06. The molecule has 0 radical (unpaired) electrons. The van der Waals surface area contributed by atoms with Gasteiger partial charge in [0.05, 0.1) is 23.3 Å². The lowest BCUT2D eigenvalue weighted by molar-refractivity contribution is 0.0929.